The Morgan fingerprint density at radius 1 is 1.26 bits per heavy atom. The minimum absolute atomic E-state index is 0.311. The summed E-state index contributed by atoms with van der Waals surface area (Å²) in [7, 11) is 1.74. The van der Waals surface area contributed by atoms with Gasteiger partial charge in [-0.2, -0.15) is 18.3 Å². The summed E-state index contributed by atoms with van der Waals surface area (Å²) < 4.78 is 53.3. The molecule has 3 heterocycles. The van der Waals surface area contributed by atoms with Crippen molar-refractivity contribution in [1.29, 1.82) is 0 Å². The smallest absolute Gasteiger partial charge is 0.373 e. The lowest BCUT2D eigenvalue weighted by atomic mass is 10.0. The Bertz CT molecular complexity index is 899. The summed E-state index contributed by atoms with van der Waals surface area (Å²) >= 11 is 0. The van der Waals surface area contributed by atoms with Crippen LogP contribution in [0.4, 0.5) is 23.4 Å². The van der Waals surface area contributed by atoms with Crippen molar-refractivity contribution in [1.82, 2.24) is 14.8 Å². The molecule has 8 heteroatoms. The van der Waals surface area contributed by atoms with Gasteiger partial charge in [0.2, 0.25) is 0 Å². The highest BCUT2D eigenvalue weighted by molar-refractivity contribution is 5.74. The first kappa shape index (κ1) is 24.4. The lowest BCUT2D eigenvalue weighted by Crippen LogP contribution is -2.11. The standard InChI is InChI=1S/C17H21F3N2.C6H7FN2/c1-3-7-13(11-14(8-4-2)17(18,19)20)16-12-15-9-5-6-10-22(15)21-16;1-8-6-3-2-5(7)4-9-6/h3,7-8,11-12H,4-6,9-10H2,1-2H3;2-4H,1H3,(H,8,9)/b7-3-,13-11+,14-8-;. The maximum Gasteiger partial charge on any atom is 0.416 e. The number of aromatic nitrogens is 3. The molecule has 2 aromatic rings. The molecule has 0 amide bonds. The monoisotopic (exact) mass is 436 g/mol. The third kappa shape index (κ3) is 7.38. The van der Waals surface area contributed by atoms with Gasteiger partial charge in [0.1, 0.15) is 11.6 Å². The largest absolute Gasteiger partial charge is 0.416 e. The average molecular weight is 436 g/mol. The van der Waals surface area contributed by atoms with Crippen LogP contribution in [0.3, 0.4) is 0 Å². The van der Waals surface area contributed by atoms with Crippen molar-refractivity contribution < 1.29 is 17.6 Å². The summed E-state index contributed by atoms with van der Waals surface area (Å²) in [6.45, 7) is 4.33. The second-order valence-electron chi connectivity index (χ2n) is 6.98. The van der Waals surface area contributed by atoms with E-state index in [1.807, 2.05) is 10.7 Å². The van der Waals surface area contributed by atoms with E-state index in [1.165, 1.54) is 24.4 Å². The van der Waals surface area contributed by atoms with Gasteiger partial charge >= 0.3 is 6.18 Å². The van der Waals surface area contributed by atoms with Crippen LogP contribution in [-0.2, 0) is 13.0 Å². The molecule has 1 aliphatic rings. The molecule has 1 aliphatic heterocycles. The lowest BCUT2D eigenvalue weighted by molar-refractivity contribution is -0.0883. The Hall–Kier alpha value is -2.90. The molecule has 0 bridgehead atoms. The third-order valence-electron chi connectivity index (χ3n) is 4.60. The SMILES string of the molecule is CNc1ccc(F)cn1.C\C=C/C(=C\C(=C\CC)C(F)(F)F)c1cc2n(n1)CCCC2. The zero-order chi connectivity index (χ0) is 22.9. The van der Waals surface area contributed by atoms with E-state index in [4.69, 9.17) is 0 Å². The van der Waals surface area contributed by atoms with Crippen LogP contribution in [0.2, 0.25) is 0 Å². The van der Waals surface area contributed by atoms with Crippen LogP contribution >= 0.6 is 0 Å². The van der Waals surface area contributed by atoms with Crippen molar-refractivity contribution in [3.8, 4) is 0 Å². The fourth-order valence-corrected chi connectivity index (χ4v) is 3.11. The molecule has 2 aromatic heterocycles. The quantitative estimate of drug-likeness (QED) is 0.439. The Morgan fingerprint density at radius 2 is 2.03 bits per heavy atom. The van der Waals surface area contributed by atoms with Crippen LogP contribution in [0.15, 0.2) is 54.3 Å². The number of alkyl halides is 3. The average Bonchev–Trinajstić information content (AvgIpc) is 3.17. The fraction of sp³-hybridized carbons (Fsp3) is 0.391. The number of halogens is 4. The van der Waals surface area contributed by atoms with Crippen molar-refractivity contribution in [3.63, 3.8) is 0 Å². The van der Waals surface area contributed by atoms with Crippen molar-refractivity contribution in [2.75, 3.05) is 12.4 Å². The molecular formula is C23H28F4N4. The maximum atomic E-state index is 13.1. The zero-order valence-corrected chi connectivity index (χ0v) is 18.0. The number of fused-ring (bicyclic) bond motifs is 1. The molecule has 0 saturated carbocycles. The number of nitrogens with one attached hydrogen (secondary N) is 1. The zero-order valence-electron chi connectivity index (χ0n) is 18.0. The van der Waals surface area contributed by atoms with E-state index in [1.54, 1.807) is 39.1 Å². The van der Waals surface area contributed by atoms with Crippen molar-refractivity contribution in [2.45, 2.75) is 52.3 Å². The third-order valence-corrected chi connectivity index (χ3v) is 4.60. The van der Waals surface area contributed by atoms with Crippen molar-refractivity contribution in [3.05, 3.63) is 71.5 Å². The highest BCUT2D eigenvalue weighted by Crippen LogP contribution is 2.30. The number of anilines is 1. The second-order valence-corrected chi connectivity index (χ2v) is 6.98. The van der Waals surface area contributed by atoms with Crippen LogP contribution in [0.5, 0.6) is 0 Å². The first-order valence-corrected chi connectivity index (χ1v) is 10.3. The number of aryl methyl sites for hydroxylation is 2. The lowest BCUT2D eigenvalue weighted by Gasteiger charge is -2.11. The van der Waals surface area contributed by atoms with Gasteiger partial charge in [-0.1, -0.05) is 25.2 Å². The number of rotatable bonds is 5. The number of nitrogens with zero attached hydrogens (tertiary/aromatic N) is 3. The molecule has 0 unspecified atom stereocenters. The Kier molecular flexibility index (Phi) is 9.03. The minimum Gasteiger partial charge on any atom is -0.373 e. The van der Waals surface area contributed by atoms with Crippen molar-refractivity contribution in [2.24, 2.45) is 0 Å². The Labute approximate surface area is 180 Å². The summed E-state index contributed by atoms with van der Waals surface area (Å²) in [4.78, 5) is 3.71. The summed E-state index contributed by atoms with van der Waals surface area (Å²) in [5.41, 5.74) is 1.60. The second kappa shape index (κ2) is 11.5. The highest BCUT2D eigenvalue weighted by atomic mass is 19.4. The molecule has 1 N–H and O–H groups in total. The maximum absolute atomic E-state index is 13.1. The van der Waals surface area contributed by atoms with Crippen LogP contribution in [0.25, 0.3) is 5.57 Å². The predicted octanol–water partition coefficient (Wildman–Crippen LogP) is 6.34. The molecule has 31 heavy (non-hydrogen) atoms. The number of pyridine rings is 1. The van der Waals surface area contributed by atoms with E-state index in [9.17, 15) is 17.6 Å². The van der Waals surface area contributed by atoms with Crippen LogP contribution in [-0.4, -0.2) is 28.0 Å². The molecule has 0 atom stereocenters. The van der Waals surface area contributed by atoms with Crippen molar-refractivity contribution >= 4 is 11.4 Å². The molecule has 0 spiro atoms. The molecule has 0 fully saturated rings. The molecule has 4 nitrogen and oxygen atoms in total. The Balaban J connectivity index is 0.000000316. The van der Waals surface area contributed by atoms with Gasteiger partial charge in [-0.3, -0.25) is 4.68 Å². The normalized spacial score (nSPS) is 14.8. The Morgan fingerprint density at radius 3 is 2.58 bits per heavy atom. The predicted molar refractivity (Wildman–Crippen MR) is 116 cm³/mol. The van der Waals surface area contributed by atoms with Gasteiger partial charge in [0.25, 0.3) is 0 Å². The van der Waals surface area contributed by atoms with Gasteiger partial charge in [-0.05, 0) is 56.9 Å². The number of hydrogen-bond donors (Lipinski definition) is 1. The number of allylic oxidation sites excluding steroid dienone is 6. The van der Waals surface area contributed by atoms with Gasteiger partial charge < -0.3 is 5.32 Å². The minimum atomic E-state index is -4.35. The van der Waals surface area contributed by atoms with E-state index in [-0.39, 0.29) is 5.82 Å². The summed E-state index contributed by atoms with van der Waals surface area (Å²) in [5.74, 6) is 0.366. The van der Waals surface area contributed by atoms with E-state index in [2.05, 4.69) is 15.4 Å². The van der Waals surface area contributed by atoms with Gasteiger partial charge in [0.15, 0.2) is 0 Å². The van der Waals surface area contributed by atoms with Gasteiger partial charge in [0, 0.05) is 24.9 Å². The molecular weight excluding hydrogens is 408 g/mol. The van der Waals surface area contributed by atoms with Gasteiger partial charge in [-0.15, -0.1) is 0 Å². The van der Waals surface area contributed by atoms with E-state index < -0.39 is 11.7 Å². The first-order valence-electron chi connectivity index (χ1n) is 10.3. The first-order chi connectivity index (χ1) is 14.8. The van der Waals surface area contributed by atoms with Gasteiger partial charge in [0.05, 0.1) is 17.5 Å². The summed E-state index contributed by atoms with van der Waals surface area (Å²) in [6, 6.07) is 4.85. The molecule has 168 valence electrons. The summed E-state index contributed by atoms with van der Waals surface area (Å²) in [5, 5.41) is 7.24. The fourth-order valence-electron chi connectivity index (χ4n) is 3.11. The van der Waals surface area contributed by atoms with Crippen LogP contribution in [0, 0.1) is 5.82 Å². The molecule has 0 saturated heterocycles. The number of hydrogen-bond acceptors (Lipinski definition) is 3. The molecule has 0 aromatic carbocycles. The van der Waals surface area contributed by atoms with Crippen LogP contribution in [0.1, 0.15) is 44.5 Å². The van der Waals surface area contributed by atoms with E-state index in [0.29, 0.717) is 23.5 Å². The van der Waals surface area contributed by atoms with Gasteiger partial charge in [-0.25, -0.2) is 9.37 Å². The molecule has 3 rings (SSSR count). The van der Waals surface area contributed by atoms with E-state index in [0.717, 1.165) is 31.5 Å². The molecule has 0 radical (unpaired) electrons. The highest BCUT2D eigenvalue weighted by Gasteiger charge is 2.32. The topological polar surface area (TPSA) is 42.7 Å². The summed E-state index contributed by atoms with van der Waals surface area (Å²) in [6.07, 6.45) is 6.11. The molecule has 0 aliphatic carbocycles. The van der Waals surface area contributed by atoms with Crippen LogP contribution < -0.4 is 5.32 Å². The van der Waals surface area contributed by atoms with E-state index >= 15 is 0 Å².